The molecule has 1 atom stereocenters. The normalized spacial score (nSPS) is 17.9. The van der Waals surface area contributed by atoms with Gasteiger partial charge in [-0.25, -0.2) is 0 Å². The minimum atomic E-state index is -0.977. The van der Waals surface area contributed by atoms with Crippen LogP contribution >= 0.6 is 0 Å². The number of fused-ring (bicyclic) bond motifs is 4. The Morgan fingerprint density at radius 1 is 1.37 bits per heavy atom. The first kappa shape index (κ1) is 19.8. The van der Waals surface area contributed by atoms with E-state index in [9.17, 15) is 9.18 Å². The average molecular weight is 636 g/mol. The molecule has 0 aliphatic carbocycles. The first-order valence-electron chi connectivity index (χ1n) is 8.86. The number of alkyl halides is 1. The third-order valence-corrected chi connectivity index (χ3v) is 9.29. The molecular weight excluding hydrogens is 621 g/mol. The summed E-state index contributed by atoms with van der Waals surface area (Å²) in [5.74, 6) is -0.0422. The summed E-state index contributed by atoms with van der Waals surface area (Å²) in [6.45, 7) is 0. The number of halogens is 3. The summed E-state index contributed by atoms with van der Waals surface area (Å²) in [7, 11) is 1.41. The van der Waals surface area contributed by atoms with Gasteiger partial charge >= 0.3 is 194 Å². The number of carbonyl (C=O) groups excluding carboxylic acids is 1. The summed E-state index contributed by atoms with van der Waals surface area (Å²) in [5.41, 5.74) is 3.67. The van der Waals surface area contributed by atoms with Crippen LogP contribution in [0.3, 0.4) is 0 Å². The maximum absolute atomic E-state index is 14.3. The molecule has 0 saturated heterocycles. The molecule has 30 heavy (non-hydrogen) atoms. The van der Waals surface area contributed by atoms with Gasteiger partial charge in [-0.15, -0.1) is 0 Å². The summed E-state index contributed by atoms with van der Waals surface area (Å²) >= 11 is -1.70. The number of nitrogens with zero attached hydrogens (tertiary/aromatic N) is 1. The Bertz CT molecular complexity index is 1140. The van der Waals surface area contributed by atoms with Crippen molar-refractivity contribution < 1.29 is 62.0 Å². The van der Waals surface area contributed by atoms with Crippen molar-refractivity contribution in [3.8, 4) is 22.8 Å². The zero-order valence-electron chi connectivity index (χ0n) is 15.5. The number of anilines is 2. The number of carbonyl (C=O) groups is 1. The molecule has 0 radical (unpaired) electrons. The monoisotopic (exact) mass is 636 g/mol. The van der Waals surface area contributed by atoms with Gasteiger partial charge in [0.2, 0.25) is 0 Å². The minimum absolute atomic E-state index is 0.0468. The maximum atomic E-state index is 14.3. The molecule has 1 unspecified atom stereocenters. The van der Waals surface area contributed by atoms with Crippen LogP contribution in [0.4, 0.5) is 15.8 Å². The molecular formula is C19H15FI2N4O4-2. The average Bonchev–Trinajstić information content (AvgIpc) is 3.08. The van der Waals surface area contributed by atoms with Gasteiger partial charge in [-0.3, -0.25) is 0 Å². The number of H-pyrrole nitrogens is 1. The van der Waals surface area contributed by atoms with Gasteiger partial charge in [-0.1, -0.05) is 0 Å². The van der Waals surface area contributed by atoms with Gasteiger partial charge in [0.15, 0.2) is 0 Å². The zero-order valence-corrected chi connectivity index (χ0v) is 19.8. The summed E-state index contributed by atoms with van der Waals surface area (Å²) in [6, 6.07) is 6.42. The molecule has 2 aliphatic heterocycles. The fourth-order valence-electron chi connectivity index (χ4n) is 3.48. The molecule has 3 N–H and O–H groups in total. The molecule has 5 rings (SSSR count). The van der Waals surface area contributed by atoms with Crippen molar-refractivity contribution in [2.24, 2.45) is 0 Å². The van der Waals surface area contributed by atoms with Gasteiger partial charge in [0, 0.05) is 0 Å². The molecule has 1 aromatic carbocycles. The number of nitrogens with one attached hydrogen (secondary N) is 3. The van der Waals surface area contributed by atoms with Gasteiger partial charge in [-0.05, 0) is 0 Å². The standard InChI is InChI=1S/C19H15FI2N4O4/c1-28-18-10(20)3-2-4-11(18)24-17-15-12-7-14(26-19(15)27)21-30-22-29-13-8-23-6-5-9(13)16(17)25-12/h2-6,8,14,24-25H,7H2,1H3,(H,26,27)/q-2. The Balaban J connectivity index is 1.72. The number of pyridine rings is 1. The van der Waals surface area contributed by atoms with Crippen LogP contribution in [0.1, 0.15) is 16.1 Å². The topological polar surface area (TPSA) is 97.5 Å². The number of methoxy groups -OCH3 is 1. The second kappa shape index (κ2) is 8.19. The van der Waals surface area contributed by atoms with Crippen molar-refractivity contribution in [3.63, 3.8) is 0 Å². The second-order valence-electron chi connectivity index (χ2n) is 6.48. The van der Waals surface area contributed by atoms with Gasteiger partial charge < -0.3 is 0 Å². The van der Waals surface area contributed by atoms with Crippen LogP contribution in [-0.4, -0.2) is 27.0 Å². The summed E-state index contributed by atoms with van der Waals surface area (Å²) in [6.07, 6.45) is 3.92. The third-order valence-electron chi connectivity index (χ3n) is 4.74. The molecule has 3 bridgehead atoms. The quantitative estimate of drug-likeness (QED) is 0.161. The first-order chi connectivity index (χ1) is 14.7. The van der Waals surface area contributed by atoms with E-state index in [4.69, 9.17) is 9.20 Å². The molecule has 2 aliphatic rings. The second-order valence-corrected chi connectivity index (χ2v) is 11.9. The number of aromatic nitrogens is 2. The van der Waals surface area contributed by atoms with E-state index in [0.717, 1.165) is 11.3 Å². The van der Waals surface area contributed by atoms with Crippen molar-refractivity contribution in [1.29, 1.82) is 0 Å². The van der Waals surface area contributed by atoms with Crippen molar-refractivity contribution >= 4 is 17.3 Å². The fourth-order valence-corrected chi connectivity index (χ4v) is 7.97. The molecule has 0 saturated carbocycles. The van der Waals surface area contributed by atoms with E-state index in [2.05, 4.69) is 20.6 Å². The molecule has 8 nitrogen and oxygen atoms in total. The SMILES string of the molecule is COc1c(F)cccc1Nc1c2[nH]c3c1C(=O)NC(C3)[I-]O[I-]Oc1cnccc1-2. The van der Waals surface area contributed by atoms with Crippen molar-refractivity contribution in [2.75, 3.05) is 12.4 Å². The van der Waals surface area contributed by atoms with Crippen LogP contribution in [0.5, 0.6) is 11.5 Å². The van der Waals surface area contributed by atoms with E-state index in [-0.39, 0.29) is 15.7 Å². The Kier molecular flexibility index (Phi) is 5.41. The van der Waals surface area contributed by atoms with Gasteiger partial charge in [-0.2, -0.15) is 0 Å². The van der Waals surface area contributed by atoms with Crippen LogP contribution < -0.4 is 62.1 Å². The van der Waals surface area contributed by atoms with Gasteiger partial charge in [0.05, 0.1) is 0 Å². The molecule has 3 aromatic rings. The molecule has 4 heterocycles. The predicted octanol–water partition coefficient (Wildman–Crippen LogP) is -3.09. The van der Waals surface area contributed by atoms with E-state index in [1.807, 2.05) is 6.07 Å². The van der Waals surface area contributed by atoms with Gasteiger partial charge in [0.1, 0.15) is 0 Å². The van der Waals surface area contributed by atoms with Crippen molar-refractivity contribution in [1.82, 2.24) is 15.3 Å². The van der Waals surface area contributed by atoms with Crippen LogP contribution in [0.2, 0.25) is 0 Å². The molecule has 1 amide bonds. The van der Waals surface area contributed by atoms with Gasteiger partial charge in [0.25, 0.3) is 0 Å². The predicted molar refractivity (Wildman–Crippen MR) is 96.9 cm³/mol. The van der Waals surface area contributed by atoms with E-state index in [0.29, 0.717) is 34.8 Å². The summed E-state index contributed by atoms with van der Waals surface area (Å²) in [5, 5.41) is 6.25. The Hall–Kier alpha value is -2.13. The third kappa shape index (κ3) is 3.47. The zero-order chi connectivity index (χ0) is 20.7. The number of ether oxygens (including phenoxy) is 1. The van der Waals surface area contributed by atoms with E-state index < -0.39 is 49.5 Å². The number of rotatable bonds is 3. The fraction of sp³-hybridized carbons (Fsp3) is 0.158. The van der Waals surface area contributed by atoms with E-state index >= 15 is 0 Å². The van der Waals surface area contributed by atoms with Crippen LogP contribution in [0.15, 0.2) is 36.7 Å². The molecule has 0 fully saturated rings. The summed E-state index contributed by atoms with van der Waals surface area (Å²) < 4.78 is 31.1. The molecule has 11 heteroatoms. The molecule has 2 aromatic heterocycles. The number of hydrogen-bond donors (Lipinski definition) is 3. The molecule has 0 spiro atoms. The Morgan fingerprint density at radius 3 is 3.13 bits per heavy atom. The summed E-state index contributed by atoms with van der Waals surface area (Å²) in [4.78, 5) is 20.6. The van der Waals surface area contributed by atoms with Crippen molar-refractivity contribution in [3.05, 3.63) is 53.7 Å². The number of aromatic amines is 1. The number of hydrogen-bond acceptors (Lipinski definition) is 6. The Labute approximate surface area is 193 Å². The van der Waals surface area contributed by atoms with Crippen LogP contribution in [-0.2, 0) is 7.82 Å². The number of benzene rings is 1. The number of amides is 1. The first-order valence-corrected chi connectivity index (χ1v) is 12.8. The van der Waals surface area contributed by atoms with Crippen LogP contribution in [0.25, 0.3) is 11.3 Å². The van der Waals surface area contributed by atoms with Crippen molar-refractivity contribution in [2.45, 2.75) is 10.5 Å². The number of para-hydroxylation sites is 1. The van der Waals surface area contributed by atoms with E-state index in [1.165, 1.54) is 13.2 Å². The van der Waals surface area contributed by atoms with E-state index in [1.54, 1.807) is 24.5 Å². The van der Waals surface area contributed by atoms with Crippen LogP contribution in [0, 0.1) is 5.82 Å². The molecule has 158 valence electrons. The Morgan fingerprint density at radius 2 is 2.27 bits per heavy atom.